The van der Waals surface area contributed by atoms with Crippen LogP contribution in [-0.2, 0) is 26.2 Å². The van der Waals surface area contributed by atoms with Gasteiger partial charge >= 0.3 is 0 Å². The van der Waals surface area contributed by atoms with Gasteiger partial charge in [0.05, 0.1) is 11.9 Å². The number of aryl methyl sites for hydroxylation is 3. The van der Waals surface area contributed by atoms with Crippen LogP contribution in [0.5, 0.6) is 0 Å². The molecule has 1 N–H and O–H groups in total. The summed E-state index contributed by atoms with van der Waals surface area (Å²) in [5.41, 5.74) is 4.62. The van der Waals surface area contributed by atoms with Gasteiger partial charge in [-0.05, 0) is 75.8 Å². The molecule has 2 rings (SSSR count). The van der Waals surface area contributed by atoms with Gasteiger partial charge in [0.25, 0.3) is 0 Å². The van der Waals surface area contributed by atoms with Crippen molar-refractivity contribution in [1.29, 1.82) is 0 Å². The molecular weight excluding hydrogens is 486 g/mol. The highest BCUT2D eigenvalue weighted by Gasteiger charge is 2.29. The van der Waals surface area contributed by atoms with Crippen molar-refractivity contribution in [3.8, 4) is 0 Å². The minimum atomic E-state index is -3.53. The van der Waals surface area contributed by atoms with E-state index in [1.807, 2.05) is 84.0 Å². The van der Waals surface area contributed by atoms with Crippen molar-refractivity contribution < 1.29 is 18.0 Å². The molecule has 37 heavy (non-hydrogen) atoms. The van der Waals surface area contributed by atoms with Crippen molar-refractivity contribution in [3.63, 3.8) is 0 Å². The fourth-order valence-corrected chi connectivity index (χ4v) is 5.30. The second-order valence-electron chi connectivity index (χ2n) is 10.0. The Hall–Kier alpha value is -2.87. The van der Waals surface area contributed by atoms with Crippen LogP contribution in [0.4, 0.5) is 5.69 Å². The maximum atomic E-state index is 13.5. The molecule has 8 heteroatoms. The predicted octanol–water partition coefficient (Wildman–Crippen LogP) is 4.88. The molecule has 0 aliphatic carbocycles. The van der Waals surface area contributed by atoms with E-state index >= 15 is 0 Å². The Balaban J connectivity index is 2.24. The lowest BCUT2D eigenvalue weighted by Gasteiger charge is -2.32. The van der Waals surface area contributed by atoms with Gasteiger partial charge in [0.2, 0.25) is 21.8 Å². The van der Waals surface area contributed by atoms with Crippen molar-refractivity contribution in [2.45, 2.75) is 85.9 Å². The number of sulfonamides is 1. The molecule has 0 saturated heterocycles. The van der Waals surface area contributed by atoms with Crippen LogP contribution in [0.2, 0.25) is 0 Å². The molecule has 0 saturated carbocycles. The van der Waals surface area contributed by atoms with Gasteiger partial charge < -0.3 is 10.2 Å². The van der Waals surface area contributed by atoms with Crippen LogP contribution in [0.1, 0.15) is 68.7 Å². The molecule has 0 aromatic heterocycles. The second kappa shape index (κ2) is 13.6. The van der Waals surface area contributed by atoms with E-state index in [1.165, 1.54) is 10.6 Å². The van der Waals surface area contributed by atoms with Gasteiger partial charge in [-0.1, -0.05) is 49.7 Å². The number of benzene rings is 2. The van der Waals surface area contributed by atoms with E-state index in [1.54, 1.807) is 4.90 Å². The van der Waals surface area contributed by atoms with Crippen LogP contribution >= 0.6 is 0 Å². The van der Waals surface area contributed by atoms with Gasteiger partial charge in [0, 0.05) is 25.6 Å². The lowest BCUT2D eigenvalue weighted by molar-refractivity contribution is -0.141. The Kier molecular flexibility index (Phi) is 11.2. The van der Waals surface area contributed by atoms with E-state index in [0.717, 1.165) is 28.7 Å². The fourth-order valence-electron chi connectivity index (χ4n) is 4.35. The molecule has 0 spiro atoms. The molecular formula is C29H43N3O4S. The summed E-state index contributed by atoms with van der Waals surface area (Å²) in [6.45, 7) is 12.2. The lowest BCUT2D eigenvalue weighted by Crippen LogP contribution is -2.50. The van der Waals surface area contributed by atoms with Gasteiger partial charge in [0.1, 0.15) is 6.04 Å². The summed E-state index contributed by atoms with van der Waals surface area (Å²) in [6, 6.07) is 13.0. The van der Waals surface area contributed by atoms with Gasteiger partial charge in [0.15, 0.2) is 0 Å². The zero-order valence-corrected chi connectivity index (χ0v) is 24.2. The lowest BCUT2D eigenvalue weighted by atomic mass is 10.1. The molecule has 204 valence electrons. The third kappa shape index (κ3) is 9.18. The predicted molar refractivity (Wildman–Crippen MR) is 151 cm³/mol. The molecule has 0 fully saturated rings. The first-order valence-electron chi connectivity index (χ1n) is 13.1. The van der Waals surface area contributed by atoms with Crippen molar-refractivity contribution in [2.24, 2.45) is 0 Å². The topological polar surface area (TPSA) is 86.8 Å². The Bertz CT molecular complexity index is 1140. The minimum Gasteiger partial charge on any atom is -0.352 e. The highest BCUT2D eigenvalue weighted by Crippen LogP contribution is 2.22. The van der Waals surface area contributed by atoms with Crippen LogP contribution in [0.25, 0.3) is 0 Å². The van der Waals surface area contributed by atoms with Gasteiger partial charge in [-0.15, -0.1) is 0 Å². The minimum absolute atomic E-state index is 0.0129. The molecule has 0 heterocycles. The summed E-state index contributed by atoms with van der Waals surface area (Å²) in [5.74, 6) is -0.328. The first-order chi connectivity index (χ1) is 17.3. The number of rotatable bonds is 13. The van der Waals surface area contributed by atoms with Crippen LogP contribution in [0.15, 0.2) is 42.5 Å². The molecule has 0 aliphatic heterocycles. The highest BCUT2D eigenvalue weighted by molar-refractivity contribution is 7.92. The second-order valence-corrected chi connectivity index (χ2v) is 11.9. The molecule has 2 aromatic rings. The summed E-state index contributed by atoms with van der Waals surface area (Å²) in [5, 5.41) is 3.02. The number of anilines is 1. The monoisotopic (exact) mass is 529 g/mol. The molecule has 2 amide bonds. The Morgan fingerprint density at radius 2 is 1.51 bits per heavy atom. The zero-order valence-electron chi connectivity index (χ0n) is 23.4. The van der Waals surface area contributed by atoms with E-state index in [2.05, 4.69) is 5.32 Å². The average Bonchev–Trinajstić information content (AvgIpc) is 2.81. The van der Waals surface area contributed by atoms with E-state index in [9.17, 15) is 18.0 Å². The van der Waals surface area contributed by atoms with E-state index in [4.69, 9.17) is 0 Å². The summed E-state index contributed by atoms with van der Waals surface area (Å²) in [7, 11) is -3.53. The first-order valence-corrected chi connectivity index (χ1v) is 14.9. The van der Waals surface area contributed by atoms with Crippen LogP contribution in [-0.4, -0.2) is 50.0 Å². The summed E-state index contributed by atoms with van der Waals surface area (Å²) < 4.78 is 26.5. The quantitative estimate of drug-likeness (QED) is 0.401. The van der Waals surface area contributed by atoms with Crippen LogP contribution in [0.3, 0.4) is 0 Å². The van der Waals surface area contributed by atoms with Crippen LogP contribution in [0, 0.1) is 20.8 Å². The number of amides is 2. The van der Waals surface area contributed by atoms with Gasteiger partial charge in [-0.2, -0.15) is 0 Å². The number of nitrogens with zero attached hydrogens (tertiary/aromatic N) is 2. The Labute approximate surface area is 223 Å². The van der Waals surface area contributed by atoms with Crippen molar-refractivity contribution >= 4 is 27.5 Å². The molecule has 2 aromatic carbocycles. The maximum absolute atomic E-state index is 13.5. The average molecular weight is 530 g/mol. The summed E-state index contributed by atoms with van der Waals surface area (Å²) in [6.07, 6.45) is 2.94. The molecule has 0 aliphatic rings. The SMILES string of the molecule is CC[C@H](C)NC(=O)[C@H](CC)N(Cc1ccc(C)cc1)C(=O)CCCN(c1cc(C)cc(C)c1)S(C)(=O)=O. The zero-order chi connectivity index (χ0) is 27.8. The van der Waals surface area contributed by atoms with Crippen molar-refractivity contribution in [1.82, 2.24) is 10.2 Å². The third-order valence-corrected chi connectivity index (χ3v) is 7.70. The van der Waals surface area contributed by atoms with Gasteiger partial charge in [-0.25, -0.2) is 8.42 Å². The molecule has 0 bridgehead atoms. The van der Waals surface area contributed by atoms with Crippen molar-refractivity contribution in [3.05, 3.63) is 64.7 Å². The van der Waals surface area contributed by atoms with E-state index in [0.29, 0.717) is 25.1 Å². The molecule has 7 nitrogen and oxygen atoms in total. The van der Waals surface area contributed by atoms with E-state index in [-0.39, 0.29) is 30.8 Å². The number of hydrogen-bond donors (Lipinski definition) is 1. The number of nitrogens with one attached hydrogen (secondary N) is 1. The summed E-state index contributed by atoms with van der Waals surface area (Å²) >= 11 is 0. The number of carbonyl (C=O) groups excluding carboxylic acids is 2. The number of carbonyl (C=O) groups is 2. The van der Waals surface area contributed by atoms with E-state index < -0.39 is 16.1 Å². The van der Waals surface area contributed by atoms with Gasteiger partial charge in [-0.3, -0.25) is 13.9 Å². The number of hydrogen-bond acceptors (Lipinski definition) is 4. The standard InChI is InChI=1S/C29H43N3O4S/c1-8-24(6)30-29(34)27(9-2)31(20-25-14-12-21(3)13-15-25)28(33)11-10-16-32(37(7,35)36)26-18-22(4)17-23(5)19-26/h12-15,17-19,24,27H,8-11,16,20H2,1-7H3,(H,30,34)/t24-,27-/m0/s1. The molecule has 2 atom stereocenters. The van der Waals surface area contributed by atoms with Crippen molar-refractivity contribution in [2.75, 3.05) is 17.1 Å². The summed E-state index contributed by atoms with van der Waals surface area (Å²) in [4.78, 5) is 28.3. The third-order valence-electron chi connectivity index (χ3n) is 6.51. The van der Waals surface area contributed by atoms with Crippen LogP contribution < -0.4 is 9.62 Å². The largest absolute Gasteiger partial charge is 0.352 e. The molecule has 0 radical (unpaired) electrons. The smallest absolute Gasteiger partial charge is 0.243 e. The Morgan fingerprint density at radius 1 is 0.919 bits per heavy atom. The normalized spacial score (nSPS) is 13.1. The Morgan fingerprint density at radius 3 is 2.03 bits per heavy atom. The highest BCUT2D eigenvalue weighted by atomic mass is 32.2. The molecule has 0 unspecified atom stereocenters. The maximum Gasteiger partial charge on any atom is 0.243 e. The fraction of sp³-hybridized carbons (Fsp3) is 0.517. The first kappa shape index (κ1) is 30.4.